The SMILES string of the molecule is N#Cc1ccc(CN2CCSC2=O)cc1. The normalized spacial score (nSPS) is 15.4. The van der Waals surface area contributed by atoms with Crippen LogP contribution in [0.4, 0.5) is 4.79 Å². The van der Waals surface area contributed by atoms with Gasteiger partial charge in [0.15, 0.2) is 0 Å². The lowest BCUT2D eigenvalue weighted by molar-refractivity contribution is 0.228. The van der Waals surface area contributed by atoms with E-state index in [2.05, 4.69) is 6.07 Å². The molecule has 4 heteroatoms. The fraction of sp³-hybridized carbons (Fsp3) is 0.273. The summed E-state index contributed by atoms with van der Waals surface area (Å²) < 4.78 is 0. The Balaban J connectivity index is 2.05. The van der Waals surface area contributed by atoms with Crippen molar-refractivity contribution in [1.29, 1.82) is 5.26 Å². The predicted octanol–water partition coefficient (Wildman–Crippen LogP) is 2.23. The summed E-state index contributed by atoms with van der Waals surface area (Å²) in [6.07, 6.45) is 0. The second kappa shape index (κ2) is 4.37. The molecule has 0 N–H and O–H groups in total. The lowest BCUT2D eigenvalue weighted by Crippen LogP contribution is -2.22. The molecular formula is C11H10N2OS. The molecule has 0 unspecified atom stereocenters. The van der Waals surface area contributed by atoms with E-state index < -0.39 is 0 Å². The number of carbonyl (C=O) groups is 1. The van der Waals surface area contributed by atoms with E-state index in [4.69, 9.17) is 5.26 Å². The average molecular weight is 218 g/mol. The zero-order valence-corrected chi connectivity index (χ0v) is 8.96. The lowest BCUT2D eigenvalue weighted by atomic mass is 10.1. The van der Waals surface area contributed by atoms with Crippen molar-refractivity contribution in [3.8, 4) is 6.07 Å². The first-order valence-corrected chi connectivity index (χ1v) is 5.69. The third kappa shape index (κ3) is 2.31. The Kier molecular flexibility index (Phi) is 2.93. The summed E-state index contributed by atoms with van der Waals surface area (Å²) in [5.74, 6) is 0.884. The Morgan fingerprint density at radius 2 is 2.13 bits per heavy atom. The molecule has 3 nitrogen and oxygen atoms in total. The summed E-state index contributed by atoms with van der Waals surface area (Å²) in [5.41, 5.74) is 1.73. The molecule has 0 atom stereocenters. The molecule has 0 radical (unpaired) electrons. The summed E-state index contributed by atoms with van der Waals surface area (Å²) in [5, 5.41) is 8.79. The van der Waals surface area contributed by atoms with Crippen molar-refractivity contribution in [2.45, 2.75) is 6.54 Å². The van der Waals surface area contributed by atoms with Crippen LogP contribution in [-0.2, 0) is 6.54 Å². The third-order valence-corrected chi connectivity index (χ3v) is 3.19. The highest BCUT2D eigenvalue weighted by Gasteiger charge is 2.20. The number of hydrogen-bond acceptors (Lipinski definition) is 3. The van der Waals surface area contributed by atoms with Crippen LogP contribution in [0.5, 0.6) is 0 Å². The van der Waals surface area contributed by atoms with Gasteiger partial charge in [-0.2, -0.15) is 5.26 Å². The highest BCUT2D eigenvalue weighted by atomic mass is 32.2. The molecule has 1 amide bonds. The maximum atomic E-state index is 11.3. The number of rotatable bonds is 2. The molecule has 0 bridgehead atoms. The fourth-order valence-corrected chi connectivity index (χ4v) is 2.30. The van der Waals surface area contributed by atoms with Gasteiger partial charge in [0.05, 0.1) is 11.6 Å². The van der Waals surface area contributed by atoms with Crippen molar-refractivity contribution < 1.29 is 4.79 Å². The van der Waals surface area contributed by atoms with Crippen LogP contribution in [0.15, 0.2) is 24.3 Å². The lowest BCUT2D eigenvalue weighted by Gasteiger charge is -2.14. The monoisotopic (exact) mass is 218 g/mol. The second-order valence-corrected chi connectivity index (χ2v) is 4.39. The first-order valence-electron chi connectivity index (χ1n) is 4.70. The average Bonchev–Trinajstić information content (AvgIpc) is 2.66. The topological polar surface area (TPSA) is 44.1 Å². The van der Waals surface area contributed by atoms with Gasteiger partial charge in [-0.05, 0) is 17.7 Å². The summed E-state index contributed by atoms with van der Waals surface area (Å²) in [6, 6.07) is 9.43. The van der Waals surface area contributed by atoms with Crippen molar-refractivity contribution in [2.24, 2.45) is 0 Å². The molecule has 15 heavy (non-hydrogen) atoms. The van der Waals surface area contributed by atoms with E-state index in [-0.39, 0.29) is 5.24 Å². The summed E-state index contributed by atoms with van der Waals surface area (Å²) in [6.45, 7) is 1.47. The molecule has 0 saturated carbocycles. The number of carbonyl (C=O) groups excluding carboxylic acids is 1. The highest BCUT2D eigenvalue weighted by Crippen LogP contribution is 2.19. The number of amides is 1. The molecule has 2 rings (SSSR count). The Bertz CT molecular complexity index is 408. The van der Waals surface area contributed by atoms with E-state index in [1.54, 1.807) is 12.1 Å². The van der Waals surface area contributed by atoms with Gasteiger partial charge in [0.25, 0.3) is 5.24 Å². The van der Waals surface area contributed by atoms with Gasteiger partial charge in [-0.3, -0.25) is 4.79 Å². The standard InChI is InChI=1S/C11H10N2OS/c12-7-9-1-3-10(4-2-9)8-13-5-6-15-11(13)14/h1-4H,5-6,8H2. The Morgan fingerprint density at radius 3 is 2.67 bits per heavy atom. The number of hydrogen-bond donors (Lipinski definition) is 0. The quantitative estimate of drug-likeness (QED) is 0.764. The second-order valence-electron chi connectivity index (χ2n) is 3.34. The molecular weight excluding hydrogens is 208 g/mol. The molecule has 0 spiro atoms. The molecule has 0 aliphatic carbocycles. The largest absolute Gasteiger partial charge is 0.328 e. The first-order chi connectivity index (χ1) is 7.29. The minimum absolute atomic E-state index is 0.152. The maximum Gasteiger partial charge on any atom is 0.282 e. The highest BCUT2D eigenvalue weighted by molar-refractivity contribution is 8.13. The van der Waals surface area contributed by atoms with Gasteiger partial charge >= 0.3 is 0 Å². The predicted molar refractivity (Wildman–Crippen MR) is 59.4 cm³/mol. The maximum absolute atomic E-state index is 11.3. The Labute approximate surface area is 92.7 Å². The third-order valence-electron chi connectivity index (χ3n) is 2.30. The van der Waals surface area contributed by atoms with E-state index in [1.165, 1.54) is 11.8 Å². The van der Waals surface area contributed by atoms with Crippen LogP contribution in [0.1, 0.15) is 11.1 Å². The van der Waals surface area contributed by atoms with E-state index in [9.17, 15) is 4.79 Å². The minimum Gasteiger partial charge on any atom is -0.328 e. The first kappa shape index (κ1) is 10.1. The van der Waals surface area contributed by atoms with E-state index >= 15 is 0 Å². The molecule has 1 saturated heterocycles. The van der Waals surface area contributed by atoms with Crippen molar-refractivity contribution in [1.82, 2.24) is 4.90 Å². The number of nitrogens with zero attached hydrogens (tertiary/aromatic N) is 2. The van der Waals surface area contributed by atoms with Gasteiger partial charge in [0, 0.05) is 18.8 Å². The van der Waals surface area contributed by atoms with E-state index in [1.807, 2.05) is 17.0 Å². The van der Waals surface area contributed by atoms with Gasteiger partial charge in [-0.15, -0.1) is 0 Å². The number of thioether (sulfide) groups is 1. The van der Waals surface area contributed by atoms with Crippen molar-refractivity contribution in [3.05, 3.63) is 35.4 Å². The van der Waals surface area contributed by atoms with E-state index in [0.717, 1.165) is 17.9 Å². The molecule has 1 aromatic rings. The molecule has 1 aliphatic rings. The molecule has 1 heterocycles. The molecule has 1 aliphatic heterocycles. The van der Waals surface area contributed by atoms with Gasteiger partial charge in [0.2, 0.25) is 0 Å². The smallest absolute Gasteiger partial charge is 0.282 e. The van der Waals surface area contributed by atoms with Crippen LogP contribution in [0.25, 0.3) is 0 Å². The van der Waals surface area contributed by atoms with Crippen LogP contribution in [0.3, 0.4) is 0 Å². The summed E-state index contributed by atoms with van der Waals surface area (Å²) in [7, 11) is 0. The summed E-state index contributed by atoms with van der Waals surface area (Å²) >= 11 is 1.37. The molecule has 1 fully saturated rings. The molecule has 0 aromatic heterocycles. The zero-order valence-electron chi connectivity index (χ0n) is 8.14. The molecule has 76 valence electrons. The Hall–Kier alpha value is -1.47. The van der Waals surface area contributed by atoms with Crippen LogP contribution in [0, 0.1) is 11.3 Å². The number of benzene rings is 1. The van der Waals surface area contributed by atoms with Crippen LogP contribution < -0.4 is 0 Å². The molecule has 1 aromatic carbocycles. The fourth-order valence-electron chi connectivity index (χ4n) is 1.47. The zero-order chi connectivity index (χ0) is 10.7. The van der Waals surface area contributed by atoms with Gasteiger partial charge < -0.3 is 4.90 Å². The minimum atomic E-state index is 0.152. The van der Waals surface area contributed by atoms with Crippen LogP contribution in [-0.4, -0.2) is 22.4 Å². The van der Waals surface area contributed by atoms with E-state index in [0.29, 0.717) is 12.1 Å². The van der Waals surface area contributed by atoms with Crippen molar-refractivity contribution in [2.75, 3.05) is 12.3 Å². The van der Waals surface area contributed by atoms with Crippen LogP contribution in [0.2, 0.25) is 0 Å². The van der Waals surface area contributed by atoms with Crippen molar-refractivity contribution in [3.63, 3.8) is 0 Å². The van der Waals surface area contributed by atoms with Crippen molar-refractivity contribution >= 4 is 17.0 Å². The number of nitriles is 1. The van der Waals surface area contributed by atoms with Gasteiger partial charge in [-0.25, -0.2) is 0 Å². The Morgan fingerprint density at radius 1 is 1.40 bits per heavy atom. The summed E-state index contributed by atoms with van der Waals surface area (Å²) in [4.78, 5) is 13.2. The van der Waals surface area contributed by atoms with Crippen LogP contribution >= 0.6 is 11.8 Å². The van der Waals surface area contributed by atoms with Gasteiger partial charge in [-0.1, -0.05) is 23.9 Å². The van der Waals surface area contributed by atoms with Gasteiger partial charge in [0.1, 0.15) is 0 Å².